The van der Waals surface area contributed by atoms with Gasteiger partial charge in [-0.25, -0.2) is 0 Å². The van der Waals surface area contributed by atoms with Gasteiger partial charge in [-0.3, -0.25) is 4.90 Å². The van der Waals surface area contributed by atoms with Crippen molar-refractivity contribution in [1.29, 1.82) is 0 Å². The van der Waals surface area contributed by atoms with Crippen LogP contribution in [0.2, 0.25) is 0 Å². The standard InChI is InChI=1S/C24H25N3O/c28-22-9-8-16-4-3-5-17-14-21(24(22)23(16)17)26-12-10-18(11-13-26)27-15-25-19-6-1-2-7-20(19)27/h1-9,18,21,25,28H,10-15H2. The number of piperidine rings is 1. The summed E-state index contributed by atoms with van der Waals surface area (Å²) >= 11 is 0. The molecule has 1 fully saturated rings. The first-order valence-electron chi connectivity index (χ1n) is 10.4. The Labute approximate surface area is 165 Å². The molecule has 0 bridgehead atoms. The predicted octanol–water partition coefficient (Wildman–Crippen LogP) is 4.50. The van der Waals surface area contributed by atoms with Crippen molar-refractivity contribution in [3.63, 3.8) is 0 Å². The highest BCUT2D eigenvalue weighted by Gasteiger charge is 2.35. The van der Waals surface area contributed by atoms with Gasteiger partial charge in [0, 0.05) is 30.7 Å². The minimum absolute atomic E-state index is 0.311. The van der Waals surface area contributed by atoms with Gasteiger partial charge >= 0.3 is 0 Å². The van der Waals surface area contributed by atoms with Crippen molar-refractivity contribution >= 4 is 22.1 Å². The van der Waals surface area contributed by atoms with Crippen molar-refractivity contribution in [2.24, 2.45) is 0 Å². The fourth-order valence-electron chi connectivity index (χ4n) is 5.57. The molecule has 4 heteroatoms. The van der Waals surface area contributed by atoms with Crippen molar-refractivity contribution in [2.45, 2.75) is 31.3 Å². The van der Waals surface area contributed by atoms with E-state index >= 15 is 0 Å². The van der Waals surface area contributed by atoms with Crippen LogP contribution in [0.3, 0.4) is 0 Å². The first-order valence-corrected chi connectivity index (χ1v) is 10.4. The van der Waals surface area contributed by atoms with E-state index < -0.39 is 0 Å². The number of phenols is 1. The molecule has 142 valence electrons. The number of benzene rings is 3. The Morgan fingerprint density at radius 3 is 2.68 bits per heavy atom. The summed E-state index contributed by atoms with van der Waals surface area (Å²) in [5.41, 5.74) is 5.14. The molecule has 0 spiro atoms. The number of fused-ring (bicyclic) bond motifs is 1. The third-order valence-corrected chi connectivity index (χ3v) is 6.93. The van der Waals surface area contributed by atoms with Crippen LogP contribution in [0.5, 0.6) is 5.75 Å². The molecule has 1 aliphatic carbocycles. The smallest absolute Gasteiger partial charge is 0.121 e. The van der Waals surface area contributed by atoms with Crippen molar-refractivity contribution in [1.82, 2.24) is 4.90 Å². The normalized spacial score (nSPS) is 21.9. The van der Waals surface area contributed by atoms with Gasteiger partial charge in [0.05, 0.1) is 18.0 Å². The second kappa shape index (κ2) is 6.14. The van der Waals surface area contributed by atoms with Gasteiger partial charge in [0.25, 0.3) is 0 Å². The SMILES string of the molecule is Oc1ccc2cccc3c2c1C(N1CCC(N2CNc4ccccc42)CC1)C3. The highest BCUT2D eigenvalue weighted by Crippen LogP contribution is 2.45. The Balaban J connectivity index is 1.23. The molecule has 2 N–H and O–H groups in total. The van der Waals surface area contributed by atoms with E-state index in [4.69, 9.17) is 0 Å². The number of likely N-dealkylation sites (tertiary alicyclic amines) is 1. The fourth-order valence-corrected chi connectivity index (χ4v) is 5.57. The number of rotatable bonds is 2. The van der Waals surface area contributed by atoms with Gasteiger partial charge in [-0.15, -0.1) is 0 Å². The Hall–Kier alpha value is -2.72. The van der Waals surface area contributed by atoms with Crippen molar-refractivity contribution in [3.05, 3.63) is 65.7 Å². The van der Waals surface area contributed by atoms with Crippen LogP contribution in [0.25, 0.3) is 10.8 Å². The van der Waals surface area contributed by atoms with Crippen molar-refractivity contribution in [3.8, 4) is 5.75 Å². The molecule has 0 saturated carbocycles. The van der Waals surface area contributed by atoms with Crippen LogP contribution in [-0.4, -0.2) is 35.8 Å². The lowest BCUT2D eigenvalue weighted by molar-refractivity contribution is 0.152. The molecule has 1 unspecified atom stereocenters. The lowest BCUT2D eigenvalue weighted by atomic mass is 9.98. The maximum absolute atomic E-state index is 10.6. The molecule has 0 amide bonds. The predicted molar refractivity (Wildman–Crippen MR) is 114 cm³/mol. The maximum atomic E-state index is 10.6. The topological polar surface area (TPSA) is 38.7 Å². The van der Waals surface area contributed by atoms with Crippen molar-refractivity contribution < 1.29 is 5.11 Å². The van der Waals surface area contributed by atoms with E-state index in [1.54, 1.807) is 0 Å². The minimum atomic E-state index is 0.311. The van der Waals surface area contributed by atoms with E-state index in [0.29, 0.717) is 17.8 Å². The van der Waals surface area contributed by atoms with Crippen LogP contribution in [0, 0.1) is 0 Å². The molecular formula is C24H25N3O. The van der Waals surface area contributed by atoms with Crippen LogP contribution >= 0.6 is 0 Å². The number of aromatic hydroxyl groups is 1. The van der Waals surface area contributed by atoms with Gasteiger partial charge in [0.1, 0.15) is 5.75 Å². The van der Waals surface area contributed by atoms with Gasteiger partial charge < -0.3 is 15.3 Å². The summed E-state index contributed by atoms with van der Waals surface area (Å²) in [6.45, 7) is 3.08. The molecule has 3 aromatic carbocycles. The average molecular weight is 371 g/mol. The number of hydrogen-bond donors (Lipinski definition) is 2. The molecule has 4 nitrogen and oxygen atoms in total. The first kappa shape index (κ1) is 16.3. The van der Waals surface area contributed by atoms with Gasteiger partial charge in [-0.1, -0.05) is 36.4 Å². The quantitative estimate of drug-likeness (QED) is 0.696. The first-order chi connectivity index (χ1) is 13.8. The van der Waals surface area contributed by atoms with Crippen LogP contribution in [-0.2, 0) is 6.42 Å². The third kappa shape index (κ3) is 2.34. The van der Waals surface area contributed by atoms with E-state index in [1.807, 2.05) is 12.1 Å². The summed E-state index contributed by atoms with van der Waals surface area (Å²) in [6.07, 6.45) is 3.35. The van der Waals surface area contributed by atoms with Gasteiger partial charge in [-0.2, -0.15) is 0 Å². The summed E-state index contributed by atoms with van der Waals surface area (Å²) in [7, 11) is 0. The largest absolute Gasteiger partial charge is 0.508 e. The Bertz CT molecular complexity index is 1050. The van der Waals surface area contributed by atoms with E-state index in [2.05, 4.69) is 57.6 Å². The van der Waals surface area contributed by atoms with Crippen LogP contribution in [0.1, 0.15) is 30.0 Å². The number of para-hydroxylation sites is 2. The van der Waals surface area contributed by atoms with Gasteiger partial charge in [-0.05, 0) is 53.8 Å². The summed E-state index contributed by atoms with van der Waals surface area (Å²) in [4.78, 5) is 5.13. The number of nitrogens with one attached hydrogen (secondary N) is 1. The van der Waals surface area contributed by atoms with Gasteiger partial charge in [0.2, 0.25) is 0 Å². The van der Waals surface area contributed by atoms with E-state index in [0.717, 1.165) is 31.7 Å². The molecule has 1 saturated heterocycles. The average Bonchev–Trinajstić information content (AvgIpc) is 3.34. The summed E-state index contributed by atoms with van der Waals surface area (Å²) < 4.78 is 0. The van der Waals surface area contributed by atoms with Gasteiger partial charge in [0.15, 0.2) is 0 Å². The summed E-state index contributed by atoms with van der Waals surface area (Å²) in [6, 6.07) is 20.0. The molecular weight excluding hydrogens is 346 g/mol. The van der Waals surface area contributed by atoms with Crippen LogP contribution in [0.15, 0.2) is 54.6 Å². The molecule has 3 aromatic rings. The number of phenolic OH excluding ortho intramolecular Hbond substituents is 1. The number of anilines is 2. The Morgan fingerprint density at radius 1 is 0.929 bits per heavy atom. The number of nitrogens with zero attached hydrogens (tertiary/aromatic N) is 2. The zero-order chi connectivity index (χ0) is 18.7. The molecule has 3 aliphatic rings. The monoisotopic (exact) mass is 371 g/mol. The zero-order valence-corrected chi connectivity index (χ0v) is 15.9. The molecule has 6 rings (SSSR count). The van der Waals surface area contributed by atoms with Crippen LogP contribution < -0.4 is 10.2 Å². The highest BCUT2D eigenvalue weighted by molar-refractivity contribution is 5.93. The molecule has 0 radical (unpaired) electrons. The molecule has 2 aliphatic heterocycles. The number of hydrogen-bond acceptors (Lipinski definition) is 4. The molecule has 2 heterocycles. The minimum Gasteiger partial charge on any atom is -0.508 e. The van der Waals surface area contributed by atoms with E-state index in [9.17, 15) is 5.11 Å². The van der Waals surface area contributed by atoms with E-state index in [1.165, 1.54) is 40.6 Å². The van der Waals surface area contributed by atoms with Crippen molar-refractivity contribution in [2.75, 3.05) is 30.0 Å². The second-order valence-electron chi connectivity index (χ2n) is 8.32. The molecule has 0 aromatic heterocycles. The second-order valence-corrected chi connectivity index (χ2v) is 8.32. The summed E-state index contributed by atoms with van der Waals surface area (Å²) in [5.74, 6) is 0.460. The molecule has 28 heavy (non-hydrogen) atoms. The van der Waals surface area contributed by atoms with E-state index in [-0.39, 0.29) is 0 Å². The Kier molecular flexibility index (Phi) is 3.57. The fraction of sp³-hybridized carbons (Fsp3) is 0.333. The maximum Gasteiger partial charge on any atom is 0.121 e. The zero-order valence-electron chi connectivity index (χ0n) is 15.9. The summed E-state index contributed by atoms with van der Waals surface area (Å²) in [5, 5.41) is 16.7. The molecule has 1 atom stereocenters. The third-order valence-electron chi connectivity index (χ3n) is 6.93. The Morgan fingerprint density at radius 2 is 1.79 bits per heavy atom. The highest BCUT2D eigenvalue weighted by atomic mass is 16.3. The lowest BCUT2D eigenvalue weighted by Gasteiger charge is -2.40. The van der Waals surface area contributed by atoms with Crippen LogP contribution in [0.4, 0.5) is 11.4 Å². The lowest BCUT2D eigenvalue weighted by Crippen LogP contribution is -2.46.